The molecule has 0 saturated carbocycles. The third kappa shape index (κ3) is 19.5. The fraction of sp³-hybridized carbons (Fsp3) is 0.844. The Morgan fingerprint density at radius 2 is 0.974 bits per heavy atom. The van der Waals surface area contributed by atoms with Crippen molar-refractivity contribution in [1.29, 1.82) is 0 Å². The van der Waals surface area contributed by atoms with Crippen molar-refractivity contribution in [2.24, 2.45) is 21.0 Å². The molecule has 41 nitrogen and oxygen atoms in total. The first-order chi connectivity index (χ1) is 35.5. The lowest BCUT2D eigenvalue weighted by Gasteiger charge is -2.50. The van der Waals surface area contributed by atoms with E-state index in [2.05, 4.69) is 36.7 Å². The Hall–Kier alpha value is -3.77. The summed E-state index contributed by atoms with van der Waals surface area (Å²) >= 11 is 0. The minimum atomic E-state index is -5.89. The number of aliphatic carboxylic acids is 2. The van der Waals surface area contributed by atoms with Crippen molar-refractivity contribution in [1.82, 2.24) is 0 Å². The number of carboxylic acid groups (broad SMARTS) is 2. The second-order valence-electron chi connectivity index (χ2n) is 15.8. The monoisotopic (exact) mass is 1210 g/mol. The number of hydrogen-bond donors (Lipinski definition) is 10. The summed E-state index contributed by atoms with van der Waals surface area (Å²) in [6, 6.07) is -4.73. The highest BCUT2D eigenvalue weighted by Gasteiger charge is 2.58. The van der Waals surface area contributed by atoms with Gasteiger partial charge in [-0.3, -0.25) is 28.2 Å². The van der Waals surface area contributed by atoms with Crippen LogP contribution in [0.5, 0.6) is 0 Å². The predicted octanol–water partition coefficient (Wildman–Crippen LogP) is -13.4. The van der Waals surface area contributed by atoms with Gasteiger partial charge in [-0.15, -0.1) is 0 Å². The molecule has 0 radical (unpaired) electrons. The molecule has 4 aliphatic rings. The van der Waals surface area contributed by atoms with Gasteiger partial charge in [-0.1, -0.05) is 5.16 Å². The van der Waals surface area contributed by atoms with E-state index < -0.39 is 208 Å². The lowest BCUT2D eigenvalue weighted by molar-refractivity contribution is -0.384. The molecule has 0 amide bonds. The van der Waals surface area contributed by atoms with Crippen LogP contribution in [0.25, 0.3) is 0 Å². The molecule has 20 atom stereocenters. The minimum absolute atomic E-state index is 0.161. The normalized spacial score (nSPS) is 37.1. The Bertz CT molecular complexity index is 2530. The predicted molar refractivity (Wildman–Crippen MR) is 221 cm³/mol. The average Bonchev–Trinajstić information content (AvgIpc) is 3.28. The zero-order valence-corrected chi connectivity index (χ0v) is 41.9. The molecule has 0 aromatic heterocycles. The fourth-order valence-electron chi connectivity index (χ4n) is 7.40. The molecule has 446 valence electrons. The number of carboxylic acids is 2. The van der Waals surface area contributed by atoms with Gasteiger partial charge in [-0.25, -0.2) is 22.6 Å². The van der Waals surface area contributed by atoms with Gasteiger partial charge < -0.3 is 103 Å². The molecular weight excluding hydrogens is 1160 g/mol. The van der Waals surface area contributed by atoms with Crippen LogP contribution < -0.4 is 26.3 Å². The highest BCUT2D eigenvalue weighted by atomic mass is 32.3. The third-order valence-corrected chi connectivity index (χ3v) is 12.1. The van der Waals surface area contributed by atoms with Crippen LogP contribution in [0.4, 0.5) is 0 Å². The fourth-order valence-corrected chi connectivity index (χ4v) is 9.04. The minimum Gasteiger partial charge on any atom is -0.862 e. The maximum atomic E-state index is 12.9. The van der Waals surface area contributed by atoms with E-state index in [0.29, 0.717) is 6.92 Å². The van der Waals surface area contributed by atoms with Crippen LogP contribution in [0.15, 0.2) is 15.1 Å². The Labute approximate surface area is 432 Å². The van der Waals surface area contributed by atoms with Crippen LogP contribution in [-0.2, 0) is 115 Å². The van der Waals surface area contributed by atoms with Crippen molar-refractivity contribution < 1.29 is 172 Å². The van der Waals surface area contributed by atoms with Crippen molar-refractivity contribution in [3.05, 3.63) is 0 Å². The van der Waals surface area contributed by atoms with Crippen molar-refractivity contribution in [3.63, 3.8) is 0 Å². The molecule has 4 fully saturated rings. The van der Waals surface area contributed by atoms with Gasteiger partial charge in [0, 0.05) is 0 Å². The topological polar surface area (TPSA) is 637 Å². The molecule has 0 unspecified atom stereocenters. The highest BCUT2D eigenvalue weighted by molar-refractivity contribution is 7.81. The molecule has 0 bridgehead atoms. The van der Waals surface area contributed by atoms with Crippen LogP contribution in [-0.4, -0.2) is 263 Å². The smallest absolute Gasteiger partial charge is 0.397 e. The number of aliphatic hydroxyl groups excluding tert-OH is 5. The van der Waals surface area contributed by atoms with Gasteiger partial charge in [0.15, 0.2) is 25.2 Å². The summed E-state index contributed by atoms with van der Waals surface area (Å²) in [6.07, 6.45) is -46.4. The molecule has 0 aromatic carbocycles. The van der Waals surface area contributed by atoms with Crippen LogP contribution in [0, 0.1) is 0 Å². The van der Waals surface area contributed by atoms with Crippen LogP contribution >= 0.6 is 0 Å². The van der Waals surface area contributed by atoms with Gasteiger partial charge >= 0.3 is 41.6 Å². The quantitative estimate of drug-likeness (QED) is 0.0120. The molecule has 45 heteroatoms. The first kappa shape index (κ1) is 65.7. The molecule has 4 saturated heterocycles. The number of nitrogens with zero attached hydrogens (tertiary/aromatic N) is 3. The van der Waals surface area contributed by atoms with Crippen molar-refractivity contribution in [2.45, 2.75) is 137 Å². The Morgan fingerprint density at radius 1 is 0.545 bits per heavy atom. The molecule has 4 aliphatic heterocycles. The molecule has 4 rings (SSSR count). The van der Waals surface area contributed by atoms with E-state index >= 15 is 0 Å². The van der Waals surface area contributed by atoms with E-state index in [4.69, 9.17) is 48.6 Å². The molecule has 77 heavy (non-hydrogen) atoms. The number of rotatable bonds is 27. The van der Waals surface area contributed by atoms with E-state index in [1.54, 1.807) is 0 Å². The van der Waals surface area contributed by atoms with E-state index in [0.717, 1.165) is 13.1 Å². The number of aliphatic hydroxyl groups is 5. The van der Waals surface area contributed by atoms with Crippen molar-refractivity contribution in [3.8, 4) is 0 Å². The number of carbonyl (C=O) groups excluding carboxylic acids is 2. The van der Waals surface area contributed by atoms with Gasteiger partial charge in [-0.2, -0.15) is 33.7 Å². The lowest BCUT2D eigenvalue weighted by atomic mass is 9.94. The van der Waals surface area contributed by atoms with E-state index in [9.17, 15) is 107 Å². The SMILES string of the molecule is CC([O-])=N[C@H]1[C@H](O[C@H]2[C@H](O)[C@@H](O)[C@H](O[C@@H]3[C@@H](N=C(C)[O-])[C@H](OC/C=N\OCCON)O[C@H](COS(=O)(=O)O)[C@@H]3OS(=O)(=O)O)O[C@@H]2C(=O)[O-])O[C@H](COS(=O)(=O)O)[C@H](OS(=O)(=O)O)[C@@H]1O[C@@H]1O[C@H](C(=O)[O-])[C@@H](O)[C@H](O)[C@H]1O. The molecule has 0 aliphatic carbocycles. The van der Waals surface area contributed by atoms with Crippen LogP contribution in [0.1, 0.15) is 13.8 Å². The first-order valence-electron chi connectivity index (χ1n) is 21.0. The number of oxime groups is 1. The number of aliphatic imine (C=N–C) groups is 2. The molecular formula is C32H48N4O37S4-4. The maximum absolute atomic E-state index is 12.9. The van der Waals surface area contributed by atoms with Crippen LogP contribution in [0.2, 0.25) is 0 Å². The summed E-state index contributed by atoms with van der Waals surface area (Å²) in [5.41, 5.74) is 0. The van der Waals surface area contributed by atoms with Crippen LogP contribution in [0.3, 0.4) is 0 Å². The second-order valence-corrected chi connectivity index (χ2v) is 20.1. The lowest BCUT2D eigenvalue weighted by Crippen LogP contribution is -2.69. The summed E-state index contributed by atoms with van der Waals surface area (Å²) in [6.45, 7) is -2.86. The number of nitrogens with two attached hydrogens (primary N) is 1. The number of carbonyl (C=O) groups is 2. The average molecular weight is 1210 g/mol. The van der Waals surface area contributed by atoms with E-state index in [-0.39, 0.29) is 13.2 Å². The highest BCUT2D eigenvalue weighted by Crippen LogP contribution is 2.38. The van der Waals surface area contributed by atoms with Gasteiger partial charge in [0.25, 0.3) is 0 Å². The molecule has 11 N–H and O–H groups in total. The summed E-state index contributed by atoms with van der Waals surface area (Å²) in [5, 5.41) is 108. The standard InChI is InChI=1S/C32H52N4O37S4/c1-9(37)35-13-22(20(72-76(54,55)56)11(7-63-74(48,49)50)65-29(13)60-4-3-34-62-6-5-61-33)67-32-19(43)17(41)24(26(71-32)28(46)47)69-30-14(36-10(2)38)23(68-31-18(42)15(39)16(40)25(70-31)27(44)45)21(73-77(57,58)59)12(66-30)8-64-75(51,52)53/h3,11-26,29-32,39-43H,4-8,33H2,1-2H3,(H,35,37)(H,36,38)(H,44,45)(H,46,47)(H,48,49,50)(H,51,52,53)(H,54,55,56)(H,57,58,59)/p-4/b34-3-/t11-,12-,13-,14-,15+,16+,17-,18-,19-,20+,21+,22-,23-,24+,25+,26+,29-,30+,31-,32-/m1/s1. The zero-order valence-electron chi connectivity index (χ0n) is 38.7. The summed E-state index contributed by atoms with van der Waals surface area (Å²) in [4.78, 5) is 41.0. The molecule has 0 spiro atoms. The van der Waals surface area contributed by atoms with Crippen molar-refractivity contribution >= 4 is 71.5 Å². The molecule has 4 heterocycles. The van der Waals surface area contributed by atoms with Gasteiger partial charge in [0.05, 0.1) is 38.0 Å². The Kier molecular flexibility index (Phi) is 23.6. The first-order valence-corrected chi connectivity index (χ1v) is 26.4. The van der Waals surface area contributed by atoms with Gasteiger partial charge in [0.2, 0.25) is 0 Å². The summed E-state index contributed by atoms with van der Waals surface area (Å²) in [7, 11) is -22.8. The Balaban J connectivity index is 1.83. The molecule has 0 aromatic rings. The number of ether oxygens (including phenoxy) is 8. The summed E-state index contributed by atoms with van der Waals surface area (Å²) < 4.78 is 195. The van der Waals surface area contributed by atoms with E-state index in [1.165, 1.54) is 0 Å². The third-order valence-electron chi connectivity index (χ3n) is 10.3. The Morgan fingerprint density at radius 3 is 1.40 bits per heavy atom. The van der Waals surface area contributed by atoms with Gasteiger partial charge in [0.1, 0.15) is 111 Å². The largest absolute Gasteiger partial charge is 0.862 e. The summed E-state index contributed by atoms with van der Waals surface area (Å²) in [5.74, 6) is -2.46. The zero-order chi connectivity index (χ0) is 58.1. The van der Waals surface area contributed by atoms with Crippen molar-refractivity contribution in [2.75, 3.05) is 33.0 Å². The van der Waals surface area contributed by atoms with E-state index in [1.807, 2.05) is 0 Å². The second kappa shape index (κ2) is 27.6. The van der Waals surface area contributed by atoms with Gasteiger partial charge in [-0.05, 0) is 25.6 Å². The maximum Gasteiger partial charge on any atom is 0.397 e. The number of hydrogen-bond acceptors (Lipinski definition) is 37.